The third-order valence-corrected chi connectivity index (χ3v) is 4.36. The van der Waals surface area contributed by atoms with E-state index in [0.717, 1.165) is 31.2 Å². The van der Waals surface area contributed by atoms with Gasteiger partial charge in [-0.05, 0) is 43.2 Å². The first-order valence-corrected chi connectivity index (χ1v) is 8.95. The molecule has 0 spiro atoms. The van der Waals surface area contributed by atoms with Gasteiger partial charge in [0.15, 0.2) is 6.61 Å². The summed E-state index contributed by atoms with van der Waals surface area (Å²) in [6.07, 6.45) is 5.61. The summed E-state index contributed by atoms with van der Waals surface area (Å²) in [5.74, 6) is -0.745. The van der Waals surface area contributed by atoms with E-state index in [1.165, 1.54) is 13.0 Å². The number of carbonyl (C=O) groups excluding carboxylic acids is 3. The minimum Gasteiger partial charge on any atom is -0.451 e. The SMILES string of the molecule is CC(=O)N/C(=C\c1ccccc1)C(=O)OCC(=O)NC1CCC(C)CC1. The molecule has 6 heteroatoms. The fourth-order valence-corrected chi connectivity index (χ4v) is 2.93. The first-order chi connectivity index (χ1) is 12.4. The normalized spacial score (nSPS) is 20.2. The van der Waals surface area contributed by atoms with Crippen LogP contribution in [0.2, 0.25) is 0 Å². The summed E-state index contributed by atoms with van der Waals surface area (Å²) >= 11 is 0. The lowest BCUT2D eigenvalue weighted by atomic mass is 9.87. The van der Waals surface area contributed by atoms with E-state index in [1.54, 1.807) is 12.1 Å². The van der Waals surface area contributed by atoms with Crippen molar-refractivity contribution in [1.82, 2.24) is 10.6 Å². The summed E-state index contributed by atoms with van der Waals surface area (Å²) in [6.45, 7) is 3.15. The molecule has 26 heavy (non-hydrogen) atoms. The van der Waals surface area contributed by atoms with Gasteiger partial charge in [-0.25, -0.2) is 4.79 Å². The van der Waals surface area contributed by atoms with Gasteiger partial charge >= 0.3 is 5.97 Å². The predicted molar refractivity (Wildman–Crippen MR) is 98.8 cm³/mol. The maximum atomic E-state index is 12.2. The van der Waals surface area contributed by atoms with Crippen molar-refractivity contribution >= 4 is 23.9 Å². The number of ether oxygens (including phenoxy) is 1. The molecule has 1 fully saturated rings. The average molecular weight is 358 g/mol. The summed E-state index contributed by atoms with van der Waals surface area (Å²) in [7, 11) is 0. The summed E-state index contributed by atoms with van der Waals surface area (Å²) < 4.78 is 5.07. The van der Waals surface area contributed by atoms with E-state index in [4.69, 9.17) is 4.74 Å². The van der Waals surface area contributed by atoms with Crippen LogP contribution in [0.5, 0.6) is 0 Å². The largest absolute Gasteiger partial charge is 0.451 e. The highest BCUT2D eigenvalue weighted by molar-refractivity contribution is 5.98. The molecule has 0 bridgehead atoms. The maximum Gasteiger partial charge on any atom is 0.355 e. The summed E-state index contributed by atoms with van der Waals surface area (Å²) in [5, 5.41) is 5.36. The second-order valence-corrected chi connectivity index (χ2v) is 6.75. The van der Waals surface area contributed by atoms with Crippen molar-refractivity contribution in [3.05, 3.63) is 41.6 Å². The van der Waals surface area contributed by atoms with E-state index in [2.05, 4.69) is 17.6 Å². The molecule has 0 aliphatic heterocycles. The molecule has 1 aliphatic rings. The number of rotatable bonds is 6. The molecule has 2 rings (SSSR count). The van der Waals surface area contributed by atoms with Crippen LogP contribution in [0.15, 0.2) is 36.0 Å². The highest BCUT2D eigenvalue weighted by Crippen LogP contribution is 2.23. The molecule has 1 saturated carbocycles. The van der Waals surface area contributed by atoms with Crippen LogP contribution in [-0.2, 0) is 19.1 Å². The minimum atomic E-state index is -0.739. The lowest BCUT2D eigenvalue weighted by Crippen LogP contribution is -2.40. The minimum absolute atomic E-state index is 0.00277. The van der Waals surface area contributed by atoms with Crippen molar-refractivity contribution in [1.29, 1.82) is 0 Å². The average Bonchev–Trinajstić information content (AvgIpc) is 2.61. The Bertz CT molecular complexity index is 662. The quantitative estimate of drug-likeness (QED) is 0.604. The van der Waals surface area contributed by atoms with Crippen LogP contribution in [0, 0.1) is 5.92 Å². The van der Waals surface area contributed by atoms with Crippen LogP contribution < -0.4 is 10.6 Å². The van der Waals surface area contributed by atoms with Gasteiger partial charge in [-0.1, -0.05) is 37.3 Å². The van der Waals surface area contributed by atoms with E-state index < -0.39 is 5.97 Å². The van der Waals surface area contributed by atoms with Gasteiger partial charge in [0, 0.05) is 13.0 Å². The van der Waals surface area contributed by atoms with Crippen molar-refractivity contribution in [2.75, 3.05) is 6.61 Å². The van der Waals surface area contributed by atoms with Gasteiger partial charge < -0.3 is 15.4 Å². The van der Waals surface area contributed by atoms with Gasteiger partial charge in [0.2, 0.25) is 5.91 Å². The summed E-state index contributed by atoms with van der Waals surface area (Å²) in [6, 6.07) is 9.23. The highest BCUT2D eigenvalue weighted by atomic mass is 16.5. The van der Waals surface area contributed by atoms with Crippen molar-refractivity contribution in [3.63, 3.8) is 0 Å². The van der Waals surface area contributed by atoms with Crippen LogP contribution in [0.4, 0.5) is 0 Å². The molecule has 0 radical (unpaired) electrons. The number of hydrogen-bond donors (Lipinski definition) is 2. The maximum absolute atomic E-state index is 12.2. The van der Waals surface area contributed by atoms with Gasteiger partial charge in [0.25, 0.3) is 5.91 Å². The van der Waals surface area contributed by atoms with Crippen LogP contribution in [0.25, 0.3) is 6.08 Å². The number of carbonyl (C=O) groups is 3. The van der Waals surface area contributed by atoms with Gasteiger partial charge in [0.1, 0.15) is 5.70 Å². The van der Waals surface area contributed by atoms with E-state index >= 15 is 0 Å². The Morgan fingerprint density at radius 2 is 1.77 bits per heavy atom. The Balaban J connectivity index is 1.89. The topological polar surface area (TPSA) is 84.5 Å². The molecule has 1 aromatic carbocycles. The first-order valence-electron chi connectivity index (χ1n) is 8.95. The fourth-order valence-electron chi connectivity index (χ4n) is 2.93. The number of benzene rings is 1. The molecular formula is C20H26N2O4. The Morgan fingerprint density at radius 1 is 1.12 bits per heavy atom. The molecule has 2 N–H and O–H groups in total. The van der Waals surface area contributed by atoms with Gasteiger partial charge in [0.05, 0.1) is 0 Å². The molecule has 2 amide bonds. The zero-order valence-electron chi connectivity index (χ0n) is 15.3. The highest BCUT2D eigenvalue weighted by Gasteiger charge is 2.21. The van der Waals surface area contributed by atoms with E-state index in [9.17, 15) is 14.4 Å². The second-order valence-electron chi connectivity index (χ2n) is 6.75. The van der Waals surface area contributed by atoms with Crippen LogP contribution >= 0.6 is 0 Å². The Hall–Kier alpha value is -2.63. The fraction of sp³-hybridized carbons (Fsp3) is 0.450. The molecule has 0 aromatic heterocycles. The number of nitrogens with one attached hydrogen (secondary N) is 2. The third kappa shape index (κ3) is 6.70. The standard InChI is InChI=1S/C20H26N2O4/c1-14-8-10-17(11-9-14)22-19(24)13-26-20(25)18(21-15(2)23)12-16-6-4-3-5-7-16/h3-7,12,14,17H,8-11,13H2,1-2H3,(H,21,23)(H,22,24)/b18-12-. The molecule has 0 unspecified atom stereocenters. The van der Waals surface area contributed by atoms with Crippen molar-refractivity contribution < 1.29 is 19.1 Å². The van der Waals surface area contributed by atoms with Crippen LogP contribution in [0.3, 0.4) is 0 Å². The zero-order valence-corrected chi connectivity index (χ0v) is 15.3. The zero-order chi connectivity index (χ0) is 18.9. The van der Waals surface area contributed by atoms with Crippen LogP contribution in [-0.4, -0.2) is 30.4 Å². The second kappa shape index (κ2) is 9.75. The van der Waals surface area contributed by atoms with Crippen molar-refractivity contribution in [2.45, 2.75) is 45.6 Å². The Morgan fingerprint density at radius 3 is 2.38 bits per heavy atom. The Kier molecular flexibility index (Phi) is 7.38. The smallest absolute Gasteiger partial charge is 0.355 e. The monoisotopic (exact) mass is 358 g/mol. The Labute approximate surface area is 154 Å². The van der Waals surface area contributed by atoms with Crippen molar-refractivity contribution in [2.24, 2.45) is 5.92 Å². The molecule has 6 nitrogen and oxygen atoms in total. The van der Waals surface area contributed by atoms with E-state index in [-0.39, 0.29) is 30.2 Å². The van der Waals surface area contributed by atoms with Gasteiger partial charge in [-0.15, -0.1) is 0 Å². The lowest BCUT2D eigenvalue weighted by Gasteiger charge is -2.26. The number of amides is 2. The summed E-state index contributed by atoms with van der Waals surface area (Å²) in [5.41, 5.74) is 0.747. The molecular weight excluding hydrogens is 332 g/mol. The summed E-state index contributed by atoms with van der Waals surface area (Å²) in [4.78, 5) is 35.6. The molecule has 1 aromatic rings. The molecule has 1 aliphatic carbocycles. The predicted octanol–water partition coefficient (Wildman–Crippen LogP) is 2.40. The van der Waals surface area contributed by atoms with Crippen LogP contribution in [0.1, 0.15) is 45.1 Å². The van der Waals surface area contributed by atoms with Crippen molar-refractivity contribution in [3.8, 4) is 0 Å². The molecule has 0 heterocycles. The van der Waals surface area contributed by atoms with E-state index in [1.807, 2.05) is 18.2 Å². The number of esters is 1. The van der Waals surface area contributed by atoms with Gasteiger partial charge in [-0.2, -0.15) is 0 Å². The number of hydrogen-bond acceptors (Lipinski definition) is 4. The van der Waals surface area contributed by atoms with E-state index in [0.29, 0.717) is 5.92 Å². The first kappa shape index (κ1) is 19.7. The van der Waals surface area contributed by atoms with Gasteiger partial charge in [-0.3, -0.25) is 9.59 Å². The molecule has 140 valence electrons. The lowest BCUT2D eigenvalue weighted by molar-refractivity contribution is -0.145. The third-order valence-electron chi connectivity index (χ3n) is 4.36. The molecule has 0 atom stereocenters. The molecule has 0 saturated heterocycles.